The second-order valence-corrected chi connectivity index (χ2v) is 6.96. The summed E-state index contributed by atoms with van der Waals surface area (Å²) >= 11 is 0. The normalized spacial score (nSPS) is 19.0. The minimum absolute atomic E-state index is 0.171. The lowest BCUT2D eigenvalue weighted by Gasteiger charge is -2.24. The van der Waals surface area contributed by atoms with E-state index in [-0.39, 0.29) is 36.1 Å². The van der Waals surface area contributed by atoms with Crippen LogP contribution < -0.4 is 4.90 Å². The van der Waals surface area contributed by atoms with E-state index in [2.05, 4.69) is 0 Å². The van der Waals surface area contributed by atoms with Crippen molar-refractivity contribution in [3.8, 4) is 0 Å². The van der Waals surface area contributed by atoms with Crippen LogP contribution in [0.5, 0.6) is 0 Å². The lowest BCUT2D eigenvalue weighted by Crippen LogP contribution is -2.40. The molecule has 2 saturated heterocycles. The SMILES string of the molecule is C[C@H](OC(=O)c1ccc(N2C(=O)CCC2=O)cc1)C(=O)N1CCCCCC1. The molecule has 0 bridgehead atoms. The third-order valence-corrected chi connectivity index (χ3v) is 4.96. The fourth-order valence-electron chi connectivity index (χ4n) is 3.44. The van der Waals surface area contributed by atoms with E-state index in [1.165, 1.54) is 12.1 Å². The van der Waals surface area contributed by atoms with Gasteiger partial charge in [0.05, 0.1) is 11.3 Å². The summed E-state index contributed by atoms with van der Waals surface area (Å²) < 4.78 is 5.32. The quantitative estimate of drug-likeness (QED) is 0.598. The molecule has 0 radical (unpaired) electrons. The third kappa shape index (κ3) is 4.35. The van der Waals surface area contributed by atoms with E-state index < -0.39 is 12.1 Å². The van der Waals surface area contributed by atoms with E-state index in [0.29, 0.717) is 18.8 Å². The summed E-state index contributed by atoms with van der Waals surface area (Å²) in [5.74, 6) is -1.26. The highest BCUT2D eigenvalue weighted by Gasteiger charge is 2.30. The van der Waals surface area contributed by atoms with Gasteiger partial charge in [0, 0.05) is 25.9 Å². The lowest BCUT2D eigenvalue weighted by atomic mass is 10.2. The van der Waals surface area contributed by atoms with Gasteiger partial charge in [-0.05, 0) is 44.0 Å². The van der Waals surface area contributed by atoms with Gasteiger partial charge in [-0.1, -0.05) is 12.8 Å². The molecule has 0 saturated carbocycles. The van der Waals surface area contributed by atoms with E-state index >= 15 is 0 Å². The maximum Gasteiger partial charge on any atom is 0.338 e. The number of hydrogen-bond donors (Lipinski definition) is 0. The zero-order chi connectivity index (χ0) is 19.4. The van der Waals surface area contributed by atoms with Gasteiger partial charge < -0.3 is 9.64 Å². The lowest BCUT2D eigenvalue weighted by molar-refractivity contribution is -0.139. The fraction of sp³-hybridized carbons (Fsp3) is 0.500. The number of carbonyl (C=O) groups excluding carboxylic acids is 4. The number of imide groups is 1. The predicted octanol–water partition coefficient (Wildman–Crippen LogP) is 2.29. The maximum atomic E-state index is 12.5. The van der Waals surface area contributed by atoms with Gasteiger partial charge in [0.1, 0.15) is 0 Å². The summed E-state index contributed by atoms with van der Waals surface area (Å²) in [7, 11) is 0. The molecule has 27 heavy (non-hydrogen) atoms. The molecule has 2 aliphatic rings. The number of nitrogens with zero attached hydrogens (tertiary/aromatic N) is 2. The van der Waals surface area contributed by atoms with Crippen molar-refractivity contribution in [3.05, 3.63) is 29.8 Å². The Bertz CT molecular complexity index is 719. The molecule has 2 fully saturated rings. The van der Waals surface area contributed by atoms with E-state index in [9.17, 15) is 19.2 Å². The van der Waals surface area contributed by atoms with Crippen LogP contribution in [0.15, 0.2) is 24.3 Å². The third-order valence-electron chi connectivity index (χ3n) is 4.96. The number of rotatable bonds is 4. The van der Waals surface area contributed by atoms with Gasteiger partial charge in [-0.15, -0.1) is 0 Å². The minimum atomic E-state index is -0.850. The van der Waals surface area contributed by atoms with Gasteiger partial charge in [0.15, 0.2) is 6.10 Å². The molecule has 2 aliphatic heterocycles. The Morgan fingerprint density at radius 3 is 2.04 bits per heavy atom. The van der Waals surface area contributed by atoms with E-state index in [4.69, 9.17) is 4.74 Å². The fourth-order valence-corrected chi connectivity index (χ4v) is 3.44. The van der Waals surface area contributed by atoms with Crippen molar-refractivity contribution in [2.24, 2.45) is 0 Å². The van der Waals surface area contributed by atoms with Gasteiger partial charge in [-0.25, -0.2) is 4.79 Å². The van der Waals surface area contributed by atoms with Crippen LogP contribution in [0.1, 0.15) is 55.8 Å². The van der Waals surface area contributed by atoms with Crippen molar-refractivity contribution < 1.29 is 23.9 Å². The Kier molecular flexibility index (Phi) is 5.88. The second kappa shape index (κ2) is 8.33. The highest BCUT2D eigenvalue weighted by atomic mass is 16.5. The molecule has 1 aromatic rings. The van der Waals surface area contributed by atoms with Crippen LogP contribution in [-0.4, -0.2) is 47.8 Å². The average molecular weight is 372 g/mol. The smallest absolute Gasteiger partial charge is 0.338 e. The van der Waals surface area contributed by atoms with Crippen LogP contribution >= 0.6 is 0 Å². The van der Waals surface area contributed by atoms with Gasteiger partial charge in [-0.3, -0.25) is 19.3 Å². The zero-order valence-corrected chi connectivity index (χ0v) is 15.5. The van der Waals surface area contributed by atoms with Crippen LogP contribution in [0.4, 0.5) is 5.69 Å². The molecule has 2 heterocycles. The van der Waals surface area contributed by atoms with Gasteiger partial charge >= 0.3 is 5.97 Å². The largest absolute Gasteiger partial charge is 0.449 e. The summed E-state index contributed by atoms with van der Waals surface area (Å²) in [6.07, 6.45) is 3.75. The molecule has 3 amide bonds. The van der Waals surface area contributed by atoms with Crippen molar-refractivity contribution >= 4 is 29.4 Å². The number of carbonyl (C=O) groups is 4. The number of likely N-dealkylation sites (tertiary alicyclic amines) is 1. The number of benzene rings is 1. The average Bonchev–Trinajstić information content (AvgIpc) is 2.87. The molecule has 3 rings (SSSR count). The number of amides is 3. The molecule has 144 valence electrons. The van der Waals surface area contributed by atoms with Crippen molar-refractivity contribution in [1.82, 2.24) is 4.90 Å². The first-order chi connectivity index (χ1) is 13.0. The topological polar surface area (TPSA) is 84.0 Å². The number of anilines is 1. The Morgan fingerprint density at radius 1 is 0.926 bits per heavy atom. The minimum Gasteiger partial charge on any atom is -0.449 e. The monoisotopic (exact) mass is 372 g/mol. The van der Waals surface area contributed by atoms with E-state index in [0.717, 1.165) is 30.6 Å². The summed E-state index contributed by atoms with van der Waals surface area (Å²) in [6.45, 7) is 2.99. The first-order valence-corrected chi connectivity index (χ1v) is 9.43. The van der Waals surface area contributed by atoms with Crippen molar-refractivity contribution in [2.75, 3.05) is 18.0 Å². The predicted molar refractivity (Wildman–Crippen MR) is 98.1 cm³/mol. The van der Waals surface area contributed by atoms with Gasteiger partial charge in [-0.2, -0.15) is 0 Å². The van der Waals surface area contributed by atoms with E-state index in [1.54, 1.807) is 24.0 Å². The summed E-state index contributed by atoms with van der Waals surface area (Å²) in [4.78, 5) is 51.2. The summed E-state index contributed by atoms with van der Waals surface area (Å²) in [5.41, 5.74) is 0.709. The van der Waals surface area contributed by atoms with Gasteiger partial charge in [0.25, 0.3) is 5.91 Å². The maximum absolute atomic E-state index is 12.5. The Morgan fingerprint density at radius 2 is 1.48 bits per heavy atom. The number of ether oxygens (including phenoxy) is 1. The highest BCUT2D eigenvalue weighted by Crippen LogP contribution is 2.23. The van der Waals surface area contributed by atoms with Crippen molar-refractivity contribution in [1.29, 1.82) is 0 Å². The molecule has 7 heteroatoms. The molecule has 0 N–H and O–H groups in total. The molecule has 0 aromatic heterocycles. The van der Waals surface area contributed by atoms with Gasteiger partial charge in [0.2, 0.25) is 11.8 Å². The molecule has 0 unspecified atom stereocenters. The molecule has 0 spiro atoms. The van der Waals surface area contributed by atoms with Crippen molar-refractivity contribution in [3.63, 3.8) is 0 Å². The zero-order valence-electron chi connectivity index (χ0n) is 15.5. The van der Waals surface area contributed by atoms with Crippen molar-refractivity contribution in [2.45, 2.75) is 51.6 Å². The van der Waals surface area contributed by atoms with Crippen LogP contribution in [-0.2, 0) is 19.1 Å². The molecule has 7 nitrogen and oxygen atoms in total. The Balaban J connectivity index is 1.61. The molecule has 0 aliphatic carbocycles. The van der Waals surface area contributed by atoms with Crippen LogP contribution in [0.2, 0.25) is 0 Å². The van der Waals surface area contributed by atoms with Crippen LogP contribution in [0.25, 0.3) is 0 Å². The number of esters is 1. The number of hydrogen-bond acceptors (Lipinski definition) is 5. The highest BCUT2D eigenvalue weighted by molar-refractivity contribution is 6.19. The van der Waals surface area contributed by atoms with E-state index in [1.807, 2.05) is 0 Å². The first-order valence-electron chi connectivity index (χ1n) is 9.43. The summed E-state index contributed by atoms with van der Waals surface area (Å²) in [5, 5.41) is 0. The first kappa shape index (κ1) is 19.1. The standard InChI is InChI=1S/C20H24N2O5/c1-14(19(25)21-12-4-2-3-5-13-21)27-20(26)15-6-8-16(9-7-15)22-17(23)10-11-18(22)24/h6-9,14H,2-5,10-13H2,1H3/t14-/m0/s1. The Labute approximate surface area is 158 Å². The Hall–Kier alpha value is -2.70. The van der Waals surface area contributed by atoms with Crippen LogP contribution in [0.3, 0.4) is 0 Å². The molecular formula is C20H24N2O5. The molecule has 1 atom stereocenters. The molecular weight excluding hydrogens is 348 g/mol. The second-order valence-electron chi connectivity index (χ2n) is 6.96. The molecule has 1 aromatic carbocycles. The summed E-state index contributed by atoms with van der Waals surface area (Å²) in [6, 6.07) is 6.08. The van der Waals surface area contributed by atoms with Crippen LogP contribution in [0, 0.1) is 0 Å².